The first-order valence-electron chi connectivity index (χ1n) is 9.06. The highest BCUT2D eigenvalue weighted by Gasteiger charge is 2.17. The van der Waals surface area contributed by atoms with Crippen LogP contribution in [0, 0.1) is 6.92 Å². The van der Waals surface area contributed by atoms with Gasteiger partial charge < -0.3 is 15.2 Å². The van der Waals surface area contributed by atoms with E-state index in [0.717, 1.165) is 41.6 Å². The van der Waals surface area contributed by atoms with Crippen LogP contribution in [-0.4, -0.2) is 30.8 Å². The van der Waals surface area contributed by atoms with Gasteiger partial charge in [0.25, 0.3) is 0 Å². The van der Waals surface area contributed by atoms with E-state index in [9.17, 15) is 4.79 Å². The Hall–Kier alpha value is -3.16. The molecule has 0 unspecified atom stereocenters. The van der Waals surface area contributed by atoms with E-state index in [4.69, 9.17) is 0 Å². The van der Waals surface area contributed by atoms with Crippen molar-refractivity contribution in [3.05, 3.63) is 59.7 Å². The number of hydrogen-bond donors (Lipinski definition) is 3. The predicted octanol–water partition coefficient (Wildman–Crippen LogP) is 3.10. The number of amides is 2. The number of rotatable bonds is 7. The smallest absolute Gasteiger partial charge is 0.319 e. The van der Waals surface area contributed by atoms with E-state index in [1.165, 1.54) is 0 Å². The van der Waals surface area contributed by atoms with Gasteiger partial charge in [0.05, 0.1) is 6.04 Å². The Morgan fingerprint density at radius 3 is 2.67 bits per heavy atom. The molecule has 0 aliphatic rings. The average Bonchev–Trinajstić information content (AvgIpc) is 3.24. The average molecular weight is 367 g/mol. The molecule has 2 amide bonds. The van der Waals surface area contributed by atoms with Gasteiger partial charge in [0, 0.05) is 31.5 Å². The fraction of sp³-hybridized carbons (Fsp3) is 0.368. The third-order valence-electron chi connectivity index (χ3n) is 4.27. The van der Waals surface area contributed by atoms with Crippen LogP contribution in [0.4, 0.5) is 10.5 Å². The summed E-state index contributed by atoms with van der Waals surface area (Å²) < 4.78 is 1.93. The van der Waals surface area contributed by atoms with Gasteiger partial charge in [-0.1, -0.05) is 25.5 Å². The molecule has 0 fully saturated rings. The number of imidazole rings is 1. The number of urea groups is 1. The molecule has 8 heteroatoms. The third kappa shape index (κ3) is 4.93. The first-order valence-corrected chi connectivity index (χ1v) is 9.06. The maximum Gasteiger partial charge on any atom is 0.319 e. The highest BCUT2D eigenvalue weighted by molar-refractivity contribution is 5.89. The number of H-pyrrole nitrogens is 1. The molecule has 8 nitrogen and oxygen atoms in total. The minimum atomic E-state index is -0.242. The van der Waals surface area contributed by atoms with Crippen molar-refractivity contribution in [2.75, 3.05) is 5.32 Å². The molecule has 2 aromatic heterocycles. The van der Waals surface area contributed by atoms with Gasteiger partial charge in [-0.2, -0.15) is 5.10 Å². The van der Waals surface area contributed by atoms with Crippen molar-refractivity contribution in [2.24, 2.45) is 7.05 Å². The topological polar surface area (TPSA) is 101 Å². The van der Waals surface area contributed by atoms with E-state index in [1.54, 1.807) is 6.20 Å². The minimum Gasteiger partial charge on any atom is -0.336 e. The Balaban J connectivity index is 1.59. The third-order valence-corrected chi connectivity index (χ3v) is 4.27. The van der Waals surface area contributed by atoms with Crippen molar-refractivity contribution < 1.29 is 4.79 Å². The molecule has 0 spiro atoms. The molecular weight excluding hydrogens is 342 g/mol. The molecule has 3 aromatic rings. The summed E-state index contributed by atoms with van der Waals surface area (Å²) >= 11 is 0. The number of carbonyl (C=O) groups is 1. The normalized spacial score (nSPS) is 12.0. The molecule has 1 aromatic carbocycles. The summed E-state index contributed by atoms with van der Waals surface area (Å²) in [6, 6.07) is 7.32. The van der Waals surface area contributed by atoms with Gasteiger partial charge in [-0.3, -0.25) is 5.10 Å². The monoisotopic (exact) mass is 367 g/mol. The van der Waals surface area contributed by atoms with Crippen LogP contribution < -0.4 is 10.6 Å². The lowest BCUT2D eigenvalue weighted by Gasteiger charge is -2.18. The fourth-order valence-electron chi connectivity index (χ4n) is 2.95. The largest absolute Gasteiger partial charge is 0.336 e. The fourth-order valence-corrected chi connectivity index (χ4v) is 2.95. The maximum absolute atomic E-state index is 12.4. The Bertz CT molecular complexity index is 882. The summed E-state index contributed by atoms with van der Waals surface area (Å²) in [4.78, 5) is 21.1. The Morgan fingerprint density at radius 2 is 2.07 bits per heavy atom. The molecule has 142 valence electrons. The zero-order valence-electron chi connectivity index (χ0n) is 15.9. The number of anilines is 1. The Kier molecular flexibility index (Phi) is 5.85. The van der Waals surface area contributed by atoms with E-state index in [1.807, 2.05) is 49.0 Å². The molecule has 0 aliphatic carbocycles. The van der Waals surface area contributed by atoms with Gasteiger partial charge in [0.15, 0.2) is 5.82 Å². The summed E-state index contributed by atoms with van der Waals surface area (Å²) in [5.74, 6) is 2.40. The highest BCUT2D eigenvalue weighted by atomic mass is 16.2. The van der Waals surface area contributed by atoms with Gasteiger partial charge >= 0.3 is 6.03 Å². The molecule has 3 N–H and O–H groups in total. The molecule has 3 rings (SSSR count). The first-order chi connectivity index (χ1) is 13.0. The first kappa shape index (κ1) is 18.6. The van der Waals surface area contributed by atoms with Crippen molar-refractivity contribution in [3.8, 4) is 0 Å². The predicted molar refractivity (Wildman–Crippen MR) is 103 cm³/mol. The lowest BCUT2D eigenvalue weighted by atomic mass is 10.1. The van der Waals surface area contributed by atoms with E-state index < -0.39 is 0 Å². The van der Waals surface area contributed by atoms with Crippen LogP contribution >= 0.6 is 0 Å². The van der Waals surface area contributed by atoms with Gasteiger partial charge in [-0.15, -0.1) is 0 Å². The summed E-state index contributed by atoms with van der Waals surface area (Å²) in [6.07, 6.45) is 6.05. The summed E-state index contributed by atoms with van der Waals surface area (Å²) in [5, 5.41) is 12.9. The second-order valence-corrected chi connectivity index (χ2v) is 6.55. The number of aryl methyl sites for hydroxylation is 2. The van der Waals surface area contributed by atoms with Crippen LogP contribution in [0.1, 0.15) is 48.8 Å². The molecule has 1 atom stereocenters. The summed E-state index contributed by atoms with van der Waals surface area (Å²) in [7, 11) is 1.93. The second kappa shape index (κ2) is 8.48. The summed E-state index contributed by atoms with van der Waals surface area (Å²) in [6.45, 7) is 3.96. The number of nitrogens with one attached hydrogen (secondary N) is 3. The van der Waals surface area contributed by atoms with Crippen LogP contribution in [0.3, 0.4) is 0 Å². The lowest BCUT2D eigenvalue weighted by Crippen LogP contribution is -2.33. The Labute approximate surface area is 158 Å². The number of nitrogens with zero attached hydrogens (tertiary/aromatic N) is 4. The zero-order valence-corrected chi connectivity index (χ0v) is 15.9. The van der Waals surface area contributed by atoms with Crippen molar-refractivity contribution >= 4 is 11.7 Å². The van der Waals surface area contributed by atoms with Crippen molar-refractivity contribution in [1.29, 1.82) is 0 Å². The van der Waals surface area contributed by atoms with E-state index >= 15 is 0 Å². The maximum atomic E-state index is 12.4. The number of aromatic amines is 1. The van der Waals surface area contributed by atoms with E-state index in [2.05, 4.69) is 37.7 Å². The van der Waals surface area contributed by atoms with E-state index in [-0.39, 0.29) is 12.1 Å². The molecule has 0 aliphatic heterocycles. The molecule has 0 radical (unpaired) electrons. The molecular formula is C19H25N7O. The molecule has 0 bridgehead atoms. The van der Waals surface area contributed by atoms with Gasteiger partial charge in [-0.25, -0.2) is 14.8 Å². The SMILES string of the molecule is CCC[C@H](NC(=O)Nc1ccc(Cc2n[nH]c(C)n2)cc1)c1nccn1C. The van der Waals surface area contributed by atoms with Crippen LogP contribution in [0.5, 0.6) is 0 Å². The quantitative estimate of drug-likeness (QED) is 0.597. The van der Waals surface area contributed by atoms with Crippen LogP contribution in [0.15, 0.2) is 36.7 Å². The number of carbonyl (C=O) groups excluding carboxylic acids is 1. The number of hydrogen-bond acceptors (Lipinski definition) is 4. The molecule has 0 saturated heterocycles. The Morgan fingerprint density at radius 1 is 1.30 bits per heavy atom. The second-order valence-electron chi connectivity index (χ2n) is 6.55. The van der Waals surface area contributed by atoms with Crippen molar-refractivity contribution in [2.45, 2.75) is 39.2 Å². The number of aromatic nitrogens is 5. The van der Waals surface area contributed by atoms with Crippen LogP contribution in [-0.2, 0) is 13.5 Å². The molecule has 0 saturated carbocycles. The van der Waals surface area contributed by atoms with Crippen molar-refractivity contribution in [1.82, 2.24) is 30.0 Å². The molecule has 27 heavy (non-hydrogen) atoms. The van der Waals surface area contributed by atoms with Crippen molar-refractivity contribution in [3.63, 3.8) is 0 Å². The van der Waals surface area contributed by atoms with Crippen LogP contribution in [0.2, 0.25) is 0 Å². The number of benzene rings is 1. The van der Waals surface area contributed by atoms with Gasteiger partial charge in [0.1, 0.15) is 11.6 Å². The summed E-state index contributed by atoms with van der Waals surface area (Å²) in [5.41, 5.74) is 1.81. The molecule has 2 heterocycles. The standard InChI is InChI=1S/C19H25N7O/c1-4-5-16(18-20-10-11-26(18)3)23-19(27)22-15-8-6-14(7-9-15)12-17-21-13(2)24-25-17/h6-11,16H,4-5,12H2,1-3H3,(H,21,24,25)(H2,22,23,27)/t16-/m0/s1. The zero-order chi connectivity index (χ0) is 19.2. The lowest BCUT2D eigenvalue weighted by molar-refractivity contribution is 0.247. The van der Waals surface area contributed by atoms with Gasteiger partial charge in [0.2, 0.25) is 0 Å². The highest BCUT2D eigenvalue weighted by Crippen LogP contribution is 2.17. The van der Waals surface area contributed by atoms with Gasteiger partial charge in [-0.05, 0) is 31.0 Å². The van der Waals surface area contributed by atoms with E-state index in [0.29, 0.717) is 6.42 Å². The van der Waals surface area contributed by atoms with Crippen LogP contribution in [0.25, 0.3) is 0 Å². The minimum absolute atomic E-state index is 0.122.